The Hall–Kier alpha value is -2.46. The van der Waals surface area contributed by atoms with Gasteiger partial charge in [0.1, 0.15) is 17.4 Å². The minimum atomic E-state index is -0.148. The smallest absolute Gasteiger partial charge is 0.236 e. The molecule has 3 aromatic rings. The molecule has 1 aromatic carbocycles. The number of hydrogen-bond donors (Lipinski definition) is 1. The summed E-state index contributed by atoms with van der Waals surface area (Å²) >= 11 is 2.73. The summed E-state index contributed by atoms with van der Waals surface area (Å²) in [5.41, 5.74) is 2.28. The lowest BCUT2D eigenvalue weighted by molar-refractivity contribution is -0.113. The lowest BCUT2D eigenvalue weighted by Crippen LogP contribution is -2.14. The van der Waals surface area contributed by atoms with E-state index in [1.807, 2.05) is 37.6 Å². The van der Waals surface area contributed by atoms with Gasteiger partial charge in [0.2, 0.25) is 11.0 Å². The third-order valence-corrected chi connectivity index (χ3v) is 6.04. The Morgan fingerprint density at radius 3 is 2.83 bits per heavy atom. The summed E-state index contributed by atoms with van der Waals surface area (Å²) in [6.45, 7) is 6.46. The van der Waals surface area contributed by atoms with E-state index in [1.54, 1.807) is 0 Å². The van der Waals surface area contributed by atoms with Gasteiger partial charge in [-0.15, -0.1) is 20.4 Å². The van der Waals surface area contributed by atoms with Crippen molar-refractivity contribution in [2.45, 2.75) is 45.4 Å². The second-order valence-corrected chi connectivity index (χ2v) is 8.61. The Kier molecular flexibility index (Phi) is 7.21. The minimum absolute atomic E-state index is 0.148. The van der Waals surface area contributed by atoms with Crippen molar-refractivity contribution in [2.24, 2.45) is 7.05 Å². The molecule has 29 heavy (non-hydrogen) atoms. The summed E-state index contributed by atoms with van der Waals surface area (Å²) in [7, 11) is 1.86. The molecule has 3 rings (SSSR count). The van der Waals surface area contributed by atoms with E-state index >= 15 is 0 Å². The van der Waals surface area contributed by atoms with Gasteiger partial charge in [-0.1, -0.05) is 47.7 Å². The Bertz CT molecular complexity index is 985. The molecule has 0 atom stereocenters. The SMILES string of the molecule is CCCc1nnc(NC(=O)CSc2nnc(COc3ccc(C)cc3C)n2C)s1. The molecule has 0 radical (unpaired) electrons. The Labute approximate surface area is 178 Å². The van der Waals surface area contributed by atoms with E-state index in [9.17, 15) is 4.79 Å². The molecule has 0 spiro atoms. The number of benzene rings is 1. The van der Waals surface area contributed by atoms with Crippen molar-refractivity contribution in [2.75, 3.05) is 11.1 Å². The van der Waals surface area contributed by atoms with Crippen molar-refractivity contribution in [3.8, 4) is 5.75 Å². The maximum Gasteiger partial charge on any atom is 0.236 e. The van der Waals surface area contributed by atoms with Crippen molar-refractivity contribution in [1.29, 1.82) is 0 Å². The van der Waals surface area contributed by atoms with Gasteiger partial charge in [0.05, 0.1) is 5.75 Å². The van der Waals surface area contributed by atoms with Crippen LogP contribution in [-0.2, 0) is 24.9 Å². The van der Waals surface area contributed by atoms with Crippen molar-refractivity contribution < 1.29 is 9.53 Å². The summed E-state index contributed by atoms with van der Waals surface area (Å²) < 4.78 is 7.71. The van der Waals surface area contributed by atoms with Gasteiger partial charge in [0, 0.05) is 13.5 Å². The second kappa shape index (κ2) is 9.84. The number of ether oxygens (including phenoxy) is 1. The van der Waals surface area contributed by atoms with Crippen LogP contribution in [-0.4, -0.2) is 36.6 Å². The predicted molar refractivity (Wildman–Crippen MR) is 115 cm³/mol. The van der Waals surface area contributed by atoms with E-state index in [1.165, 1.54) is 28.7 Å². The first kappa shape index (κ1) is 21.3. The van der Waals surface area contributed by atoms with E-state index < -0.39 is 0 Å². The molecule has 0 saturated heterocycles. The highest BCUT2D eigenvalue weighted by atomic mass is 32.2. The number of nitrogens with zero attached hydrogens (tertiary/aromatic N) is 5. The lowest BCUT2D eigenvalue weighted by atomic mass is 10.1. The molecule has 1 N–H and O–H groups in total. The molecule has 0 unspecified atom stereocenters. The quantitative estimate of drug-likeness (QED) is 0.517. The van der Waals surface area contributed by atoms with Crippen LogP contribution in [0.1, 0.15) is 35.3 Å². The molecule has 1 amide bonds. The number of nitrogens with one attached hydrogen (secondary N) is 1. The summed E-state index contributed by atoms with van der Waals surface area (Å²) in [6.07, 6.45) is 1.87. The van der Waals surface area contributed by atoms with Gasteiger partial charge < -0.3 is 9.30 Å². The zero-order valence-corrected chi connectivity index (χ0v) is 18.6. The van der Waals surface area contributed by atoms with Crippen molar-refractivity contribution in [1.82, 2.24) is 25.0 Å². The number of rotatable bonds is 9. The fourth-order valence-electron chi connectivity index (χ4n) is 2.60. The van der Waals surface area contributed by atoms with Crippen LogP contribution in [0.5, 0.6) is 5.75 Å². The van der Waals surface area contributed by atoms with Crippen LogP contribution in [0.2, 0.25) is 0 Å². The Balaban J connectivity index is 1.51. The molecule has 8 nitrogen and oxygen atoms in total. The van der Waals surface area contributed by atoms with Crippen LogP contribution in [0.4, 0.5) is 5.13 Å². The molecule has 0 fully saturated rings. The summed E-state index contributed by atoms with van der Waals surface area (Å²) in [5.74, 6) is 1.59. The molecule has 0 aliphatic heterocycles. The number of thioether (sulfide) groups is 1. The number of hydrogen-bond acceptors (Lipinski definition) is 8. The average Bonchev–Trinajstić information content (AvgIpc) is 3.26. The molecule has 154 valence electrons. The highest BCUT2D eigenvalue weighted by Gasteiger charge is 2.14. The van der Waals surface area contributed by atoms with E-state index in [0.29, 0.717) is 22.7 Å². The zero-order chi connectivity index (χ0) is 20.8. The second-order valence-electron chi connectivity index (χ2n) is 6.60. The Morgan fingerprint density at radius 1 is 1.24 bits per heavy atom. The first-order chi connectivity index (χ1) is 14.0. The van der Waals surface area contributed by atoms with Crippen LogP contribution >= 0.6 is 23.1 Å². The number of anilines is 1. The van der Waals surface area contributed by atoms with Gasteiger partial charge in [-0.2, -0.15) is 0 Å². The topological polar surface area (TPSA) is 94.8 Å². The monoisotopic (exact) mass is 432 g/mol. The predicted octanol–water partition coefficient (Wildman–Crippen LogP) is 3.55. The van der Waals surface area contributed by atoms with Crippen molar-refractivity contribution >= 4 is 34.1 Å². The van der Waals surface area contributed by atoms with E-state index in [-0.39, 0.29) is 11.7 Å². The average molecular weight is 433 g/mol. The zero-order valence-electron chi connectivity index (χ0n) is 16.9. The summed E-state index contributed by atoms with van der Waals surface area (Å²) in [6, 6.07) is 6.05. The van der Waals surface area contributed by atoms with Crippen LogP contribution in [0.25, 0.3) is 0 Å². The van der Waals surface area contributed by atoms with Gasteiger partial charge in [0.25, 0.3) is 0 Å². The minimum Gasteiger partial charge on any atom is -0.485 e. The molecule has 2 heterocycles. The third-order valence-electron chi connectivity index (χ3n) is 4.12. The van der Waals surface area contributed by atoms with Gasteiger partial charge in [-0.25, -0.2) is 0 Å². The number of aromatic nitrogens is 5. The van der Waals surface area contributed by atoms with Gasteiger partial charge in [-0.3, -0.25) is 10.1 Å². The normalized spacial score (nSPS) is 10.9. The van der Waals surface area contributed by atoms with Crippen LogP contribution in [0, 0.1) is 13.8 Å². The van der Waals surface area contributed by atoms with Gasteiger partial charge in [-0.05, 0) is 31.9 Å². The molecule has 0 saturated carbocycles. The Morgan fingerprint density at radius 2 is 2.07 bits per heavy atom. The third kappa shape index (κ3) is 5.77. The van der Waals surface area contributed by atoms with Crippen molar-refractivity contribution in [3.05, 3.63) is 40.2 Å². The van der Waals surface area contributed by atoms with Gasteiger partial charge >= 0.3 is 0 Å². The van der Waals surface area contributed by atoms with Gasteiger partial charge in [0.15, 0.2) is 11.0 Å². The molecular formula is C19H24N6O2S2. The summed E-state index contributed by atoms with van der Waals surface area (Å²) in [4.78, 5) is 12.2. The largest absolute Gasteiger partial charge is 0.485 e. The fourth-order valence-corrected chi connectivity index (χ4v) is 4.19. The van der Waals surface area contributed by atoms with Crippen LogP contribution in [0.3, 0.4) is 0 Å². The maximum atomic E-state index is 12.2. The number of carbonyl (C=O) groups is 1. The van der Waals surface area contributed by atoms with Crippen LogP contribution in [0.15, 0.2) is 23.4 Å². The maximum absolute atomic E-state index is 12.2. The van der Waals surface area contributed by atoms with E-state index in [4.69, 9.17) is 4.74 Å². The standard InChI is InChI=1S/C19H24N6O2S2/c1-5-6-17-22-23-18(29-17)20-16(26)11-28-19-24-21-15(25(19)4)10-27-14-8-7-12(2)9-13(14)3/h7-9H,5-6,10-11H2,1-4H3,(H,20,23,26). The highest BCUT2D eigenvalue weighted by molar-refractivity contribution is 7.99. The van der Waals surface area contributed by atoms with Crippen LogP contribution < -0.4 is 10.1 Å². The molecule has 0 bridgehead atoms. The number of amides is 1. The highest BCUT2D eigenvalue weighted by Crippen LogP contribution is 2.22. The first-order valence-corrected chi connectivity index (χ1v) is 11.1. The first-order valence-electron chi connectivity index (χ1n) is 9.29. The summed E-state index contributed by atoms with van der Waals surface area (Å²) in [5, 5.41) is 21.3. The molecule has 0 aliphatic carbocycles. The lowest BCUT2D eigenvalue weighted by Gasteiger charge is -2.09. The van der Waals surface area contributed by atoms with Crippen molar-refractivity contribution in [3.63, 3.8) is 0 Å². The molecule has 0 aliphatic rings. The number of carbonyl (C=O) groups excluding carboxylic acids is 1. The van der Waals surface area contributed by atoms with E-state index in [0.717, 1.165) is 29.2 Å². The molecular weight excluding hydrogens is 408 g/mol. The molecule has 2 aromatic heterocycles. The molecule has 10 heteroatoms. The number of aryl methyl sites for hydroxylation is 3. The van der Waals surface area contributed by atoms with E-state index in [2.05, 4.69) is 38.7 Å². The fraction of sp³-hybridized carbons (Fsp3) is 0.421.